The number of rotatable bonds is 6. The lowest BCUT2D eigenvalue weighted by atomic mass is 10.2. The van der Waals surface area contributed by atoms with Crippen LogP contribution >= 0.6 is 0 Å². The van der Waals surface area contributed by atoms with E-state index in [9.17, 15) is 0 Å². The van der Waals surface area contributed by atoms with Gasteiger partial charge in [-0.05, 0) is 19.8 Å². The van der Waals surface area contributed by atoms with E-state index < -0.39 is 0 Å². The molecule has 21 heavy (non-hydrogen) atoms. The third kappa shape index (κ3) is 3.52. The molecule has 0 aliphatic carbocycles. The van der Waals surface area contributed by atoms with Gasteiger partial charge in [-0.15, -0.1) is 0 Å². The summed E-state index contributed by atoms with van der Waals surface area (Å²) in [6.45, 7) is 5.01. The number of nitrogens with one attached hydrogen (secondary N) is 1. The molecule has 2 atom stereocenters. The molecule has 1 fully saturated rings. The van der Waals surface area contributed by atoms with Crippen LogP contribution in [0.15, 0.2) is 42.7 Å². The van der Waals surface area contributed by atoms with Gasteiger partial charge in [0.15, 0.2) is 0 Å². The van der Waals surface area contributed by atoms with Crippen molar-refractivity contribution in [3.05, 3.63) is 42.7 Å². The van der Waals surface area contributed by atoms with Crippen LogP contribution in [-0.4, -0.2) is 35.4 Å². The van der Waals surface area contributed by atoms with E-state index in [-0.39, 0.29) is 0 Å². The van der Waals surface area contributed by atoms with Crippen LogP contribution in [0, 0.1) is 0 Å². The minimum Gasteiger partial charge on any atom is -0.377 e. The maximum atomic E-state index is 5.64. The number of benzene rings is 1. The van der Waals surface area contributed by atoms with E-state index in [2.05, 4.69) is 52.3 Å². The predicted octanol–water partition coefficient (Wildman–Crippen LogP) is 2.88. The van der Waals surface area contributed by atoms with Gasteiger partial charge in [0.1, 0.15) is 5.82 Å². The number of imidazole rings is 1. The lowest BCUT2D eigenvalue weighted by Gasteiger charge is -2.18. The van der Waals surface area contributed by atoms with Crippen LogP contribution in [0.3, 0.4) is 0 Å². The molecular formula is C17H23N3O. The van der Waals surface area contributed by atoms with Gasteiger partial charge >= 0.3 is 0 Å². The monoisotopic (exact) mass is 285 g/mol. The van der Waals surface area contributed by atoms with Gasteiger partial charge in [0.2, 0.25) is 0 Å². The molecule has 0 radical (unpaired) electrons. The first kappa shape index (κ1) is 14.3. The smallest absolute Gasteiger partial charge is 0.140 e. The summed E-state index contributed by atoms with van der Waals surface area (Å²) in [4.78, 5) is 4.50. The van der Waals surface area contributed by atoms with E-state index in [1.165, 1.54) is 12.8 Å². The summed E-state index contributed by atoms with van der Waals surface area (Å²) in [7, 11) is 0. The summed E-state index contributed by atoms with van der Waals surface area (Å²) in [5.74, 6) is 1.03. The van der Waals surface area contributed by atoms with Gasteiger partial charge in [-0.1, -0.05) is 30.3 Å². The zero-order valence-electron chi connectivity index (χ0n) is 12.5. The van der Waals surface area contributed by atoms with Crippen molar-refractivity contribution < 1.29 is 4.74 Å². The number of ether oxygens (including phenoxy) is 1. The van der Waals surface area contributed by atoms with Crippen LogP contribution in [0.25, 0.3) is 11.4 Å². The molecular weight excluding hydrogens is 262 g/mol. The van der Waals surface area contributed by atoms with Crippen LogP contribution in [-0.2, 0) is 4.74 Å². The van der Waals surface area contributed by atoms with Crippen molar-refractivity contribution in [2.45, 2.75) is 31.9 Å². The fraction of sp³-hybridized carbons (Fsp3) is 0.471. The van der Waals surface area contributed by atoms with E-state index in [0.29, 0.717) is 12.1 Å². The average Bonchev–Trinajstić information content (AvgIpc) is 3.19. The standard InChI is InChI=1S/C17H23N3O/c1-14(12-18-13-16-8-5-11-21-16)20-10-9-19-17(20)15-6-3-2-4-7-15/h2-4,6-7,9-10,14,16,18H,5,8,11-13H2,1H3. The number of hydrogen-bond acceptors (Lipinski definition) is 3. The zero-order valence-corrected chi connectivity index (χ0v) is 12.5. The lowest BCUT2D eigenvalue weighted by molar-refractivity contribution is 0.109. The molecule has 4 nitrogen and oxygen atoms in total. The van der Waals surface area contributed by atoms with Gasteiger partial charge < -0.3 is 14.6 Å². The Morgan fingerprint density at radius 1 is 1.38 bits per heavy atom. The second-order valence-corrected chi connectivity index (χ2v) is 5.67. The van der Waals surface area contributed by atoms with Crippen LogP contribution in [0.4, 0.5) is 0 Å². The van der Waals surface area contributed by atoms with Gasteiger partial charge in [0.05, 0.1) is 6.10 Å². The average molecular weight is 285 g/mol. The van der Waals surface area contributed by atoms with Crippen molar-refractivity contribution in [3.8, 4) is 11.4 Å². The molecule has 1 N–H and O–H groups in total. The Morgan fingerprint density at radius 3 is 3.00 bits per heavy atom. The molecule has 1 aliphatic heterocycles. The van der Waals surface area contributed by atoms with E-state index in [1.807, 2.05) is 12.3 Å². The summed E-state index contributed by atoms with van der Waals surface area (Å²) < 4.78 is 7.87. The first-order valence-corrected chi connectivity index (χ1v) is 7.75. The second-order valence-electron chi connectivity index (χ2n) is 5.67. The Bertz CT molecular complexity index is 546. The topological polar surface area (TPSA) is 39.1 Å². The van der Waals surface area contributed by atoms with Crippen molar-refractivity contribution in [2.75, 3.05) is 19.7 Å². The minimum atomic E-state index is 0.365. The maximum absolute atomic E-state index is 5.64. The van der Waals surface area contributed by atoms with Gasteiger partial charge in [-0.3, -0.25) is 0 Å². The minimum absolute atomic E-state index is 0.365. The number of hydrogen-bond donors (Lipinski definition) is 1. The molecule has 2 aromatic rings. The SMILES string of the molecule is CC(CNCC1CCCO1)n1ccnc1-c1ccccc1. The first-order valence-electron chi connectivity index (χ1n) is 7.75. The molecule has 0 saturated carbocycles. The third-order valence-corrected chi connectivity index (χ3v) is 4.01. The summed E-state index contributed by atoms with van der Waals surface area (Å²) in [5.41, 5.74) is 1.16. The molecule has 2 heterocycles. The molecule has 1 saturated heterocycles. The third-order valence-electron chi connectivity index (χ3n) is 4.01. The van der Waals surface area contributed by atoms with Crippen LogP contribution in [0.1, 0.15) is 25.8 Å². The molecule has 3 rings (SSSR count). The van der Waals surface area contributed by atoms with Gasteiger partial charge in [-0.25, -0.2) is 4.98 Å². The molecule has 4 heteroatoms. The van der Waals surface area contributed by atoms with E-state index in [0.717, 1.165) is 31.1 Å². The highest BCUT2D eigenvalue weighted by Crippen LogP contribution is 2.20. The summed E-state index contributed by atoms with van der Waals surface area (Å²) in [6, 6.07) is 10.7. The molecule has 0 bridgehead atoms. The molecule has 112 valence electrons. The normalized spacial score (nSPS) is 19.8. The van der Waals surface area contributed by atoms with Crippen molar-refractivity contribution in [2.24, 2.45) is 0 Å². The molecule has 1 aromatic carbocycles. The number of nitrogens with zero attached hydrogens (tertiary/aromatic N) is 2. The summed E-state index contributed by atoms with van der Waals surface area (Å²) in [5, 5.41) is 3.52. The Kier molecular flexibility index (Phi) is 4.68. The fourth-order valence-corrected chi connectivity index (χ4v) is 2.84. The lowest BCUT2D eigenvalue weighted by Crippen LogP contribution is -2.30. The highest BCUT2D eigenvalue weighted by Gasteiger charge is 2.16. The van der Waals surface area contributed by atoms with Gasteiger partial charge in [0, 0.05) is 43.7 Å². The molecule has 2 unspecified atom stereocenters. The van der Waals surface area contributed by atoms with Crippen molar-refractivity contribution in [3.63, 3.8) is 0 Å². The first-order chi connectivity index (χ1) is 10.3. The molecule has 1 aromatic heterocycles. The molecule has 1 aliphatic rings. The molecule has 0 amide bonds. The zero-order chi connectivity index (χ0) is 14.5. The van der Waals surface area contributed by atoms with Gasteiger partial charge in [0.25, 0.3) is 0 Å². The quantitative estimate of drug-likeness (QED) is 0.887. The Balaban J connectivity index is 1.60. The van der Waals surface area contributed by atoms with Crippen LogP contribution in [0.5, 0.6) is 0 Å². The van der Waals surface area contributed by atoms with Crippen LogP contribution in [0.2, 0.25) is 0 Å². The summed E-state index contributed by atoms with van der Waals surface area (Å²) >= 11 is 0. The number of aromatic nitrogens is 2. The Morgan fingerprint density at radius 2 is 2.24 bits per heavy atom. The molecule has 0 spiro atoms. The van der Waals surface area contributed by atoms with E-state index in [1.54, 1.807) is 0 Å². The highest BCUT2D eigenvalue weighted by atomic mass is 16.5. The van der Waals surface area contributed by atoms with Crippen molar-refractivity contribution >= 4 is 0 Å². The van der Waals surface area contributed by atoms with Crippen LogP contribution < -0.4 is 5.32 Å². The summed E-state index contributed by atoms with van der Waals surface area (Å²) in [6.07, 6.45) is 6.71. The Hall–Kier alpha value is -1.65. The highest BCUT2D eigenvalue weighted by molar-refractivity contribution is 5.55. The van der Waals surface area contributed by atoms with E-state index >= 15 is 0 Å². The Labute approximate surface area is 126 Å². The van der Waals surface area contributed by atoms with E-state index in [4.69, 9.17) is 4.74 Å². The maximum Gasteiger partial charge on any atom is 0.140 e. The van der Waals surface area contributed by atoms with Crippen molar-refractivity contribution in [1.82, 2.24) is 14.9 Å². The van der Waals surface area contributed by atoms with Crippen molar-refractivity contribution in [1.29, 1.82) is 0 Å². The second kappa shape index (κ2) is 6.87. The predicted molar refractivity (Wildman–Crippen MR) is 84.2 cm³/mol. The fourth-order valence-electron chi connectivity index (χ4n) is 2.84. The van der Waals surface area contributed by atoms with Gasteiger partial charge in [-0.2, -0.15) is 0 Å². The largest absolute Gasteiger partial charge is 0.377 e.